The third-order valence-electron chi connectivity index (χ3n) is 7.05. The molecule has 3 aliphatic rings. The molecule has 1 atom stereocenters. The first-order chi connectivity index (χ1) is 17.4. The second-order valence-electron chi connectivity index (χ2n) is 9.92. The minimum Gasteiger partial charge on any atom is -0.439 e. The van der Waals surface area contributed by atoms with E-state index in [1.807, 2.05) is 67.0 Å². The molecule has 7 nitrogen and oxygen atoms in total. The molecule has 8 heteroatoms. The Morgan fingerprint density at radius 3 is 2.64 bits per heavy atom. The molecule has 182 valence electrons. The number of benzene rings is 2. The average Bonchev–Trinajstić information content (AvgIpc) is 3.14. The van der Waals surface area contributed by atoms with Gasteiger partial charge in [0.1, 0.15) is 17.6 Å². The lowest BCUT2D eigenvalue weighted by Gasteiger charge is -2.36. The molecule has 1 fully saturated rings. The summed E-state index contributed by atoms with van der Waals surface area (Å²) in [7, 11) is 4.24. The van der Waals surface area contributed by atoms with Gasteiger partial charge < -0.3 is 9.64 Å². The largest absolute Gasteiger partial charge is 0.439 e. The topological polar surface area (TPSA) is 76.1 Å². The van der Waals surface area contributed by atoms with E-state index in [9.17, 15) is 0 Å². The molecule has 36 heavy (non-hydrogen) atoms. The first-order valence-corrected chi connectivity index (χ1v) is 12.5. The number of halogens is 1. The smallest absolute Gasteiger partial charge is 0.266 e. The number of amidine groups is 1. The summed E-state index contributed by atoms with van der Waals surface area (Å²) in [6, 6.07) is 17.4. The van der Waals surface area contributed by atoms with Crippen LogP contribution in [0.5, 0.6) is 11.6 Å². The van der Waals surface area contributed by atoms with Crippen LogP contribution in [0.3, 0.4) is 0 Å². The van der Waals surface area contributed by atoms with Crippen LogP contribution < -0.4 is 10.6 Å². The number of allylic oxidation sites excluding steroid dienone is 2. The molecule has 2 N–H and O–H groups in total. The van der Waals surface area contributed by atoms with E-state index in [4.69, 9.17) is 32.2 Å². The van der Waals surface area contributed by atoms with Crippen LogP contribution >= 0.6 is 11.6 Å². The lowest BCUT2D eigenvalue weighted by molar-refractivity contribution is -0.750. The summed E-state index contributed by atoms with van der Waals surface area (Å²) in [5.41, 5.74) is 3.33. The van der Waals surface area contributed by atoms with Crippen LogP contribution in [0, 0.1) is 11.8 Å². The Hall–Kier alpha value is -3.36. The van der Waals surface area contributed by atoms with Gasteiger partial charge in [0.2, 0.25) is 11.6 Å². The molecule has 0 radical (unpaired) electrons. The maximum Gasteiger partial charge on any atom is 0.266 e. The van der Waals surface area contributed by atoms with Crippen molar-refractivity contribution in [2.45, 2.75) is 12.8 Å². The number of quaternary nitrogens is 1. The molecule has 6 rings (SSSR count). The third kappa shape index (κ3) is 3.94. The number of pyridine rings is 1. The number of aliphatic imine (C=N–C) groups is 2. The summed E-state index contributed by atoms with van der Waals surface area (Å²) in [4.78, 5) is 16.5. The number of fused-ring (bicyclic) bond motifs is 2. The minimum absolute atomic E-state index is 0.0425. The van der Waals surface area contributed by atoms with E-state index in [0.717, 1.165) is 41.7 Å². The molecule has 1 saturated carbocycles. The molecule has 2 aromatic carbocycles. The highest BCUT2D eigenvalue weighted by atomic mass is 35.5. The van der Waals surface area contributed by atoms with Crippen LogP contribution in [0.2, 0.25) is 5.02 Å². The molecule has 3 heterocycles. The van der Waals surface area contributed by atoms with Crippen molar-refractivity contribution < 1.29 is 9.33 Å². The van der Waals surface area contributed by atoms with E-state index < -0.39 is 0 Å². The summed E-state index contributed by atoms with van der Waals surface area (Å²) in [5.74, 6) is 9.88. The first-order valence-electron chi connectivity index (χ1n) is 12.1. The van der Waals surface area contributed by atoms with E-state index in [0.29, 0.717) is 39.8 Å². The lowest BCUT2D eigenvalue weighted by atomic mass is 9.72. The van der Waals surface area contributed by atoms with Crippen molar-refractivity contribution in [3.05, 3.63) is 89.0 Å². The monoisotopic (exact) mass is 499 g/mol. The van der Waals surface area contributed by atoms with E-state index in [1.165, 1.54) is 0 Å². The number of hydrogen-bond acceptors (Lipinski definition) is 6. The predicted molar refractivity (Wildman–Crippen MR) is 144 cm³/mol. The predicted octanol–water partition coefficient (Wildman–Crippen LogP) is 5.49. The molecule has 0 bridgehead atoms. The Balaban J connectivity index is 1.37. The van der Waals surface area contributed by atoms with Gasteiger partial charge in [0.25, 0.3) is 5.84 Å². The van der Waals surface area contributed by atoms with E-state index in [-0.39, 0.29) is 4.59 Å². The normalized spacial score (nSPS) is 24.8. The van der Waals surface area contributed by atoms with Gasteiger partial charge in [-0.25, -0.2) is 4.98 Å². The van der Waals surface area contributed by atoms with Gasteiger partial charge >= 0.3 is 0 Å². The maximum absolute atomic E-state index is 7.00. The zero-order valence-electron chi connectivity index (χ0n) is 20.3. The first kappa shape index (κ1) is 23.1. The molecule has 2 aliphatic heterocycles. The van der Waals surface area contributed by atoms with Crippen molar-refractivity contribution in [2.24, 2.45) is 27.7 Å². The Morgan fingerprint density at radius 1 is 1.08 bits per heavy atom. The van der Waals surface area contributed by atoms with Gasteiger partial charge in [-0.05, 0) is 57.1 Å². The number of aromatic nitrogens is 1. The van der Waals surface area contributed by atoms with Crippen molar-refractivity contribution in [1.29, 1.82) is 0 Å². The second-order valence-corrected chi connectivity index (χ2v) is 10.3. The van der Waals surface area contributed by atoms with Crippen molar-refractivity contribution in [3.8, 4) is 11.6 Å². The van der Waals surface area contributed by atoms with Gasteiger partial charge in [0, 0.05) is 23.9 Å². The van der Waals surface area contributed by atoms with Crippen LogP contribution in [0.1, 0.15) is 18.4 Å². The van der Waals surface area contributed by atoms with Crippen LogP contribution in [0.25, 0.3) is 10.9 Å². The van der Waals surface area contributed by atoms with Crippen molar-refractivity contribution in [2.75, 3.05) is 20.6 Å². The van der Waals surface area contributed by atoms with Gasteiger partial charge in [0.15, 0.2) is 0 Å². The van der Waals surface area contributed by atoms with Crippen LogP contribution in [0.4, 0.5) is 0 Å². The third-order valence-corrected chi connectivity index (χ3v) is 7.43. The summed E-state index contributed by atoms with van der Waals surface area (Å²) >= 11 is 7.00. The molecule has 1 aliphatic carbocycles. The molecule has 0 saturated heterocycles. The van der Waals surface area contributed by atoms with Gasteiger partial charge in [0.05, 0.1) is 28.5 Å². The number of nitrogens with two attached hydrogens (primary N) is 1. The Kier molecular flexibility index (Phi) is 5.73. The standard InChI is InChI=1S/C28H28ClN6O/c1-34(2)17-18-14-20(15-18)26-23-16-31-12-13-35(23,30)28(33-26)22-10-8-19-9-11-24(32-27(19)25(22)29)36-21-6-4-3-5-7-21/h3-13,16,18,20H,14-15,17,30H2,1-2H3/q+1. The number of para-hydroxylation sites is 1. The quantitative estimate of drug-likeness (QED) is 0.359. The van der Waals surface area contributed by atoms with Crippen LogP contribution in [0.15, 0.2) is 88.4 Å². The van der Waals surface area contributed by atoms with Gasteiger partial charge in [-0.3, -0.25) is 4.99 Å². The average molecular weight is 500 g/mol. The number of nitrogens with zero attached hydrogens (tertiary/aromatic N) is 5. The van der Waals surface area contributed by atoms with Crippen LogP contribution in [-0.4, -0.2) is 47.2 Å². The number of rotatable bonds is 6. The fraction of sp³-hybridized carbons (Fsp3) is 0.250. The van der Waals surface area contributed by atoms with E-state index >= 15 is 0 Å². The van der Waals surface area contributed by atoms with Crippen molar-refractivity contribution in [1.82, 2.24) is 9.88 Å². The van der Waals surface area contributed by atoms with Crippen molar-refractivity contribution in [3.63, 3.8) is 0 Å². The minimum atomic E-state index is -0.0425. The zero-order chi connectivity index (χ0) is 24.9. The Morgan fingerprint density at radius 2 is 1.86 bits per heavy atom. The van der Waals surface area contributed by atoms with Crippen molar-refractivity contribution >= 4 is 34.6 Å². The zero-order valence-corrected chi connectivity index (χ0v) is 21.1. The lowest BCUT2D eigenvalue weighted by Crippen LogP contribution is -2.53. The fourth-order valence-corrected chi connectivity index (χ4v) is 5.59. The highest BCUT2D eigenvalue weighted by Gasteiger charge is 2.48. The van der Waals surface area contributed by atoms with Crippen LogP contribution in [-0.2, 0) is 0 Å². The van der Waals surface area contributed by atoms with E-state index in [1.54, 1.807) is 6.20 Å². The highest BCUT2D eigenvalue weighted by Crippen LogP contribution is 2.46. The van der Waals surface area contributed by atoms with Gasteiger partial charge in [-0.2, -0.15) is 10.8 Å². The molecule has 1 aromatic heterocycles. The SMILES string of the molecule is CN(C)CC1CC(C2=C3C=NC=C[N+]3(N)C(c3ccc4ccc(Oc5ccccc5)nc4c3Cl)=N2)C1. The maximum atomic E-state index is 7.00. The summed E-state index contributed by atoms with van der Waals surface area (Å²) < 4.78 is 5.91. The van der Waals surface area contributed by atoms with Gasteiger partial charge in [-0.1, -0.05) is 35.9 Å². The Labute approximate surface area is 215 Å². The molecule has 0 amide bonds. The Bertz CT molecular complexity index is 1460. The summed E-state index contributed by atoms with van der Waals surface area (Å²) in [6.45, 7) is 1.09. The summed E-state index contributed by atoms with van der Waals surface area (Å²) in [6.07, 6.45) is 7.61. The van der Waals surface area contributed by atoms with Gasteiger partial charge in [-0.15, -0.1) is 4.59 Å². The fourth-order valence-electron chi connectivity index (χ4n) is 5.29. The molecule has 3 aromatic rings. The summed E-state index contributed by atoms with van der Waals surface area (Å²) in [5, 5.41) is 1.42. The molecule has 1 unspecified atom stereocenters. The highest BCUT2D eigenvalue weighted by molar-refractivity contribution is 6.38. The molecular formula is C28H28ClN6O+. The molecule has 0 spiro atoms. The van der Waals surface area contributed by atoms with E-state index in [2.05, 4.69) is 24.0 Å². The number of hydrogen-bond donors (Lipinski definition) is 1. The molecular weight excluding hydrogens is 472 g/mol. The number of ether oxygens (including phenoxy) is 1. The second kappa shape index (κ2) is 8.94.